The lowest BCUT2D eigenvalue weighted by molar-refractivity contribution is 0.102. The first-order valence-electron chi connectivity index (χ1n) is 8.73. The van der Waals surface area contributed by atoms with Crippen LogP contribution in [-0.2, 0) is 16.6 Å². The molecule has 1 N–H and O–H groups in total. The predicted octanol–water partition coefficient (Wildman–Crippen LogP) is 5.87. The number of nitrogens with one attached hydrogen (secondary N) is 1. The number of amides is 1. The zero-order valence-corrected chi connectivity index (χ0v) is 18.9. The number of benzene rings is 3. The first kappa shape index (κ1) is 22.4. The van der Waals surface area contributed by atoms with Gasteiger partial charge in [0.25, 0.3) is 5.91 Å². The van der Waals surface area contributed by atoms with E-state index in [0.717, 1.165) is 6.26 Å². The summed E-state index contributed by atoms with van der Waals surface area (Å²) in [6.07, 6.45) is 1.10. The minimum atomic E-state index is -3.63. The van der Waals surface area contributed by atoms with Gasteiger partial charge in [0.05, 0.1) is 18.5 Å². The fourth-order valence-electron chi connectivity index (χ4n) is 2.74. The standard InChI is InChI=1S/C21H17Cl3N2O3S/c1-30(28,29)26(13-18-19(23)3-2-4-20(18)24)17-11-5-14(6-12-17)21(27)25-16-9-7-15(22)8-10-16/h2-12H,13H2,1H3,(H,25,27). The first-order chi connectivity index (χ1) is 14.1. The molecule has 5 nitrogen and oxygen atoms in total. The minimum Gasteiger partial charge on any atom is -0.322 e. The lowest BCUT2D eigenvalue weighted by Gasteiger charge is -2.23. The van der Waals surface area contributed by atoms with Gasteiger partial charge < -0.3 is 5.32 Å². The van der Waals surface area contributed by atoms with Crippen LogP contribution in [-0.4, -0.2) is 20.6 Å². The lowest BCUT2D eigenvalue weighted by atomic mass is 10.1. The van der Waals surface area contributed by atoms with Crippen LogP contribution in [0.25, 0.3) is 0 Å². The molecule has 156 valence electrons. The predicted molar refractivity (Wildman–Crippen MR) is 123 cm³/mol. The Morgan fingerprint density at radius 3 is 2.00 bits per heavy atom. The number of sulfonamides is 1. The lowest BCUT2D eigenvalue weighted by Crippen LogP contribution is -2.29. The third-order valence-corrected chi connectivity index (χ3v) is 6.38. The van der Waals surface area contributed by atoms with Crippen molar-refractivity contribution in [2.75, 3.05) is 15.9 Å². The van der Waals surface area contributed by atoms with E-state index in [9.17, 15) is 13.2 Å². The number of hydrogen-bond acceptors (Lipinski definition) is 3. The van der Waals surface area contributed by atoms with Gasteiger partial charge in [-0.05, 0) is 60.7 Å². The molecular weight excluding hydrogens is 467 g/mol. The van der Waals surface area contributed by atoms with Crippen molar-refractivity contribution in [3.8, 4) is 0 Å². The molecule has 9 heteroatoms. The highest BCUT2D eigenvalue weighted by atomic mass is 35.5. The zero-order chi connectivity index (χ0) is 21.9. The Kier molecular flexibility index (Phi) is 6.93. The Bertz CT molecular complexity index is 1140. The third kappa shape index (κ3) is 5.46. The van der Waals surface area contributed by atoms with Crippen LogP contribution in [0.4, 0.5) is 11.4 Å². The Morgan fingerprint density at radius 2 is 1.47 bits per heavy atom. The van der Waals surface area contributed by atoms with Gasteiger partial charge in [-0.1, -0.05) is 40.9 Å². The van der Waals surface area contributed by atoms with E-state index in [2.05, 4.69) is 5.32 Å². The fraction of sp³-hybridized carbons (Fsp3) is 0.0952. The summed E-state index contributed by atoms with van der Waals surface area (Å²) in [5, 5.41) is 4.06. The molecule has 3 aromatic rings. The monoisotopic (exact) mass is 482 g/mol. The van der Waals surface area contributed by atoms with Crippen LogP contribution < -0.4 is 9.62 Å². The van der Waals surface area contributed by atoms with E-state index >= 15 is 0 Å². The molecule has 1 amide bonds. The van der Waals surface area contributed by atoms with Crippen LogP contribution in [0.5, 0.6) is 0 Å². The summed E-state index contributed by atoms with van der Waals surface area (Å²) in [6.45, 7) is -0.0341. The van der Waals surface area contributed by atoms with Crippen LogP contribution in [0.1, 0.15) is 15.9 Å². The van der Waals surface area contributed by atoms with E-state index in [4.69, 9.17) is 34.8 Å². The molecule has 0 radical (unpaired) electrons. The van der Waals surface area contributed by atoms with Crippen LogP contribution in [0.15, 0.2) is 66.7 Å². The van der Waals surface area contributed by atoms with Crippen molar-refractivity contribution < 1.29 is 13.2 Å². The Morgan fingerprint density at radius 1 is 0.900 bits per heavy atom. The third-order valence-electron chi connectivity index (χ3n) is 4.28. The minimum absolute atomic E-state index is 0.0341. The van der Waals surface area contributed by atoms with Gasteiger partial charge in [-0.15, -0.1) is 0 Å². The molecular formula is C21H17Cl3N2O3S. The van der Waals surface area contributed by atoms with Crippen LogP contribution in [0.3, 0.4) is 0 Å². The molecule has 0 aliphatic carbocycles. The van der Waals surface area contributed by atoms with Crippen molar-refractivity contribution in [1.82, 2.24) is 0 Å². The van der Waals surface area contributed by atoms with Gasteiger partial charge in [0.1, 0.15) is 0 Å². The number of carbonyl (C=O) groups excluding carboxylic acids is 1. The van der Waals surface area contributed by atoms with Gasteiger partial charge in [-0.2, -0.15) is 0 Å². The number of rotatable bonds is 6. The number of anilines is 2. The molecule has 30 heavy (non-hydrogen) atoms. The van der Waals surface area contributed by atoms with Crippen molar-refractivity contribution in [1.29, 1.82) is 0 Å². The van der Waals surface area contributed by atoms with E-state index < -0.39 is 10.0 Å². The van der Waals surface area contributed by atoms with Crippen molar-refractivity contribution in [2.24, 2.45) is 0 Å². The average Bonchev–Trinajstić information content (AvgIpc) is 2.69. The fourth-order valence-corrected chi connectivity index (χ4v) is 4.25. The van der Waals surface area contributed by atoms with Gasteiger partial charge in [0, 0.05) is 31.9 Å². The summed E-state index contributed by atoms with van der Waals surface area (Å²) in [4.78, 5) is 12.4. The molecule has 0 saturated carbocycles. The summed E-state index contributed by atoms with van der Waals surface area (Å²) in [7, 11) is -3.63. The van der Waals surface area contributed by atoms with Crippen molar-refractivity contribution in [3.05, 3.63) is 92.9 Å². The molecule has 0 aliphatic heterocycles. The Labute approximate surface area is 190 Å². The topological polar surface area (TPSA) is 66.5 Å². The molecule has 0 aliphatic rings. The molecule has 0 unspecified atom stereocenters. The smallest absolute Gasteiger partial charge is 0.255 e. The van der Waals surface area contributed by atoms with Crippen molar-refractivity contribution >= 4 is 62.1 Å². The number of halogens is 3. The van der Waals surface area contributed by atoms with Crippen LogP contribution in [0, 0.1) is 0 Å². The first-order valence-corrected chi connectivity index (χ1v) is 11.7. The van der Waals surface area contributed by atoms with Gasteiger partial charge in [0.15, 0.2) is 0 Å². The van der Waals surface area contributed by atoms with Crippen molar-refractivity contribution in [2.45, 2.75) is 6.54 Å². The second-order valence-electron chi connectivity index (χ2n) is 6.48. The van der Waals surface area contributed by atoms with Gasteiger partial charge >= 0.3 is 0 Å². The zero-order valence-electron chi connectivity index (χ0n) is 15.8. The second kappa shape index (κ2) is 9.27. The largest absolute Gasteiger partial charge is 0.322 e. The van der Waals surface area contributed by atoms with E-state index in [-0.39, 0.29) is 12.5 Å². The highest BCUT2D eigenvalue weighted by molar-refractivity contribution is 7.92. The maximum Gasteiger partial charge on any atom is 0.255 e. The maximum atomic E-state index is 12.4. The van der Waals surface area contributed by atoms with E-state index in [1.54, 1.807) is 66.7 Å². The molecule has 0 bridgehead atoms. The maximum absolute atomic E-state index is 12.4. The highest BCUT2D eigenvalue weighted by Crippen LogP contribution is 2.29. The molecule has 0 atom stereocenters. The number of nitrogens with zero attached hydrogens (tertiary/aromatic N) is 1. The summed E-state index contributed by atoms with van der Waals surface area (Å²) < 4.78 is 26.0. The highest BCUT2D eigenvalue weighted by Gasteiger charge is 2.21. The molecule has 0 heterocycles. The Balaban J connectivity index is 1.84. The van der Waals surface area contributed by atoms with E-state index in [1.807, 2.05) is 0 Å². The summed E-state index contributed by atoms with van der Waals surface area (Å²) >= 11 is 18.2. The van der Waals surface area contributed by atoms with Crippen LogP contribution in [0.2, 0.25) is 15.1 Å². The normalized spacial score (nSPS) is 11.2. The van der Waals surface area contributed by atoms with E-state index in [0.29, 0.717) is 37.6 Å². The van der Waals surface area contributed by atoms with Gasteiger partial charge in [-0.3, -0.25) is 9.10 Å². The SMILES string of the molecule is CS(=O)(=O)N(Cc1c(Cl)cccc1Cl)c1ccc(C(=O)Nc2ccc(Cl)cc2)cc1. The summed E-state index contributed by atoms with van der Waals surface area (Å²) in [5.74, 6) is -0.330. The van der Waals surface area contributed by atoms with Gasteiger partial charge in [0.2, 0.25) is 10.0 Å². The van der Waals surface area contributed by atoms with Gasteiger partial charge in [-0.25, -0.2) is 8.42 Å². The Hall–Kier alpha value is -2.25. The summed E-state index contributed by atoms with van der Waals surface area (Å²) in [5.41, 5.74) is 1.85. The van der Waals surface area contributed by atoms with Crippen molar-refractivity contribution in [3.63, 3.8) is 0 Å². The molecule has 0 saturated heterocycles. The van der Waals surface area contributed by atoms with Crippen LogP contribution >= 0.6 is 34.8 Å². The molecule has 0 fully saturated rings. The molecule has 3 aromatic carbocycles. The number of hydrogen-bond donors (Lipinski definition) is 1. The van der Waals surface area contributed by atoms with E-state index in [1.165, 1.54) is 4.31 Å². The molecule has 0 aromatic heterocycles. The average molecular weight is 484 g/mol. The molecule has 3 rings (SSSR count). The number of carbonyl (C=O) groups is 1. The second-order valence-corrected chi connectivity index (χ2v) is 9.64. The molecule has 0 spiro atoms. The summed E-state index contributed by atoms with van der Waals surface area (Å²) in [6, 6.07) is 17.9. The quantitative estimate of drug-likeness (QED) is 0.477.